The van der Waals surface area contributed by atoms with E-state index in [4.69, 9.17) is 0 Å². The molecule has 158 valence electrons. The Kier molecular flexibility index (Phi) is 6.31. The van der Waals surface area contributed by atoms with Crippen LogP contribution in [-0.2, 0) is 4.79 Å². The maximum Gasteiger partial charge on any atom is 0.246 e. The number of rotatable bonds is 4. The molecule has 1 amide bonds. The smallest absolute Gasteiger partial charge is 0.246 e. The average Bonchev–Trinajstić information content (AvgIpc) is 2.79. The number of amides is 1. The van der Waals surface area contributed by atoms with Crippen molar-refractivity contribution in [3.8, 4) is 0 Å². The van der Waals surface area contributed by atoms with Crippen LogP contribution in [0.2, 0.25) is 0 Å². The van der Waals surface area contributed by atoms with Crippen molar-refractivity contribution in [3.63, 3.8) is 0 Å². The van der Waals surface area contributed by atoms with E-state index >= 15 is 0 Å². The topological polar surface area (TPSA) is 52.6 Å². The van der Waals surface area contributed by atoms with Crippen molar-refractivity contribution in [1.29, 1.82) is 0 Å². The van der Waals surface area contributed by atoms with Crippen molar-refractivity contribution in [2.45, 2.75) is 26.7 Å². The van der Waals surface area contributed by atoms with Gasteiger partial charge in [0.25, 0.3) is 0 Å². The summed E-state index contributed by atoms with van der Waals surface area (Å²) in [5.74, 6) is 2.74. The lowest BCUT2D eigenvalue weighted by atomic mass is 9.99. The molecule has 2 saturated heterocycles. The van der Waals surface area contributed by atoms with Gasteiger partial charge >= 0.3 is 0 Å². The molecule has 3 heterocycles. The summed E-state index contributed by atoms with van der Waals surface area (Å²) in [4.78, 5) is 19.0. The van der Waals surface area contributed by atoms with Gasteiger partial charge in [0, 0.05) is 45.3 Å². The Morgan fingerprint density at radius 1 is 0.900 bits per heavy atom. The first-order valence-corrected chi connectivity index (χ1v) is 11.0. The maximum absolute atomic E-state index is 12.6. The number of aryl methyl sites for hydroxylation is 1. The van der Waals surface area contributed by atoms with Gasteiger partial charge in [0.2, 0.25) is 5.91 Å². The molecular weight excluding hydrogens is 374 g/mol. The van der Waals surface area contributed by atoms with Crippen molar-refractivity contribution in [2.75, 3.05) is 49.1 Å². The Morgan fingerprint density at radius 3 is 2.10 bits per heavy atom. The number of nitrogens with zero attached hydrogens (tertiary/aromatic N) is 5. The minimum absolute atomic E-state index is 0.0682. The third kappa shape index (κ3) is 4.81. The number of carbonyl (C=O) groups is 1. The van der Waals surface area contributed by atoms with E-state index in [0.717, 1.165) is 49.3 Å². The average molecular weight is 406 g/mol. The lowest BCUT2D eigenvalue weighted by molar-refractivity contribution is -0.126. The molecule has 2 aromatic rings. The fourth-order valence-corrected chi connectivity index (χ4v) is 4.09. The first-order valence-electron chi connectivity index (χ1n) is 11.0. The molecule has 2 aliphatic heterocycles. The predicted molar refractivity (Wildman–Crippen MR) is 122 cm³/mol. The van der Waals surface area contributed by atoms with Crippen LogP contribution < -0.4 is 9.80 Å². The molecule has 30 heavy (non-hydrogen) atoms. The number of carbonyl (C=O) groups excluding carboxylic acids is 1. The summed E-state index contributed by atoms with van der Waals surface area (Å²) in [6, 6.07) is 12.2. The third-order valence-electron chi connectivity index (χ3n) is 6.25. The highest BCUT2D eigenvalue weighted by molar-refractivity contribution is 5.92. The van der Waals surface area contributed by atoms with Crippen molar-refractivity contribution in [1.82, 2.24) is 15.1 Å². The van der Waals surface area contributed by atoms with Crippen LogP contribution in [0.4, 0.5) is 11.6 Å². The van der Waals surface area contributed by atoms with Crippen LogP contribution in [0.25, 0.3) is 6.08 Å². The van der Waals surface area contributed by atoms with Gasteiger partial charge in [-0.3, -0.25) is 4.79 Å². The van der Waals surface area contributed by atoms with Crippen molar-refractivity contribution >= 4 is 23.6 Å². The number of hydrogen-bond donors (Lipinski definition) is 0. The number of anilines is 2. The Morgan fingerprint density at radius 2 is 1.50 bits per heavy atom. The molecule has 0 aliphatic carbocycles. The van der Waals surface area contributed by atoms with E-state index in [9.17, 15) is 4.79 Å². The Labute approximate surface area is 179 Å². The van der Waals surface area contributed by atoms with Crippen LogP contribution >= 0.6 is 0 Å². The molecule has 6 heteroatoms. The summed E-state index contributed by atoms with van der Waals surface area (Å²) in [5, 5.41) is 8.94. The van der Waals surface area contributed by atoms with Gasteiger partial charge in [-0.25, -0.2) is 0 Å². The molecular formula is C24H31N5O. The zero-order chi connectivity index (χ0) is 20.9. The van der Waals surface area contributed by atoms with Crippen LogP contribution in [0.3, 0.4) is 0 Å². The highest BCUT2D eigenvalue weighted by Gasteiger charge is 2.22. The molecule has 1 aromatic carbocycles. The quantitative estimate of drug-likeness (QED) is 0.730. The van der Waals surface area contributed by atoms with Crippen LogP contribution in [0, 0.1) is 12.8 Å². The molecule has 2 fully saturated rings. The summed E-state index contributed by atoms with van der Waals surface area (Å²) in [6.45, 7) is 9.45. The van der Waals surface area contributed by atoms with Crippen LogP contribution in [0.1, 0.15) is 30.9 Å². The maximum atomic E-state index is 12.6. The molecule has 0 radical (unpaired) electrons. The number of hydrogen-bond acceptors (Lipinski definition) is 5. The number of piperidine rings is 1. The van der Waals surface area contributed by atoms with Gasteiger partial charge in [-0.1, -0.05) is 31.2 Å². The van der Waals surface area contributed by atoms with Gasteiger partial charge in [-0.15, -0.1) is 10.2 Å². The second kappa shape index (κ2) is 9.28. The van der Waals surface area contributed by atoms with Gasteiger partial charge in [-0.05, 0) is 55.0 Å². The van der Waals surface area contributed by atoms with Gasteiger partial charge in [0.15, 0.2) is 11.6 Å². The molecule has 4 rings (SSSR count). The molecule has 2 aliphatic rings. The van der Waals surface area contributed by atoms with Crippen LogP contribution in [-0.4, -0.2) is 60.3 Å². The monoisotopic (exact) mass is 405 g/mol. The number of piperazine rings is 1. The standard InChI is InChI=1S/C24H31N5O/c1-19-11-13-27(14-12-19)22-8-9-23(26-25-22)28-15-17-29(18-16-28)24(30)10-7-21-6-4-3-5-20(21)2/h3-10,19H,11-18H2,1-2H3/b10-7+. The molecule has 0 saturated carbocycles. The summed E-state index contributed by atoms with van der Waals surface area (Å²) in [7, 11) is 0. The normalized spacial score (nSPS) is 18.3. The second-order valence-corrected chi connectivity index (χ2v) is 8.42. The summed E-state index contributed by atoms with van der Waals surface area (Å²) in [5.41, 5.74) is 2.26. The molecule has 0 unspecified atom stereocenters. The SMILES string of the molecule is Cc1ccccc1/C=C/C(=O)N1CCN(c2ccc(N3CCC(C)CC3)nn2)CC1. The van der Waals surface area contributed by atoms with Gasteiger partial charge in [-0.2, -0.15) is 0 Å². The zero-order valence-corrected chi connectivity index (χ0v) is 18.0. The van der Waals surface area contributed by atoms with Gasteiger partial charge < -0.3 is 14.7 Å². The minimum atomic E-state index is 0.0682. The van der Waals surface area contributed by atoms with E-state index in [-0.39, 0.29) is 5.91 Å². The fraction of sp³-hybridized carbons (Fsp3) is 0.458. The Hall–Kier alpha value is -2.89. The Balaban J connectivity index is 1.30. The van der Waals surface area contributed by atoms with E-state index in [1.54, 1.807) is 6.08 Å². The molecule has 1 aromatic heterocycles. The number of benzene rings is 1. The van der Waals surface area contributed by atoms with E-state index < -0.39 is 0 Å². The van der Waals surface area contributed by atoms with E-state index in [1.165, 1.54) is 18.4 Å². The molecule has 0 atom stereocenters. The largest absolute Gasteiger partial charge is 0.355 e. The summed E-state index contributed by atoms with van der Waals surface area (Å²) >= 11 is 0. The second-order valence-electron chi connectivity index (χ2n) is 8.42. The fourth-order valence-electron chi connectivity index (χ4n) is 4.09. The lowest BCUT2D eigenvalue weighted by Gasteiger charge is -2.35. The number of aromatic nitrogens is 2. The van der Waals surface area contributed by atoms with Crippen molar-refractivity contribution in [3.05, 3.63) is 53.6 Å². The van der Waals surface area contributed by atoms with Crippen LogP contribution in [0.15, 0.2) is 42.5 Å². The van der Waals surface area contributed by atoms with Crippen LogP contribution in [0.5, 0.6) is 0 Å². The van der Waals surface area contributed by atoms with E-state index in [1.807, 2.05) is 29.2 Å². The van der Waals surface area contributed by atoms with Gasteiger partial charge in [0.05, 0.1) is 0 Å². The highest BCUT2D eigenvalue weighted by Crippen LogP contribution is 2.22. The predicted octanol–water partition coefficient (Wildman–Crippen LogP) is 3.38. The zero-order valence-electron chi connectivity index (χ0n) is 18.0. The minimum Gasteiger partial charge on any atom is -0.355 e. The third-order valence-corrected chi connectivity index (χ3v) is 6.25. The first-order chi connectivity index (χ1) is 14.6. The Bertz CT molecular complexity index is 879. The summed E-state index contributed by atoms with van der Waals surface area (Å²) in [6.07, 6.45) is 6.04. The lowest BCUT2D eigenvalue weighted by Crippen LogP contribution is -2.48. The molecule has 6 nitrogen and oxygen atoms in total. The first kappa shape index (κ1) is 20.4. The van der Waals surface area contributed by atoms with Crippen molar-refractivity contribution in [2.24, 2.45) is 5.92 Å². The van der Waals surface area contributed by atoms with E-state index in [2.05, 4.69) is 52.0 Å². The van der Waals surface area contributed by atoms with Crippen molar-refractivity contribution < 1.29 is 4.79 Å². The summed E-state index contributed by atoms with van der Waals surface area (Å²) < 4.78 is 0. The molecule has 0 N–H and O–H groups in total. The molecule has 0 bridgehead atoms. The highest BCUT2D eigenvalue weighted by atomic mass is 16.2. The van der Waals surface area contributed by atoms with E-state index in [0.29, 0.717) is 13.1 Å². The van der Waals surface area contributed by atoms with Gasteiger partial charge in [0.1, 0.15) is 0 Å². The molecule has 0 spiro atoms.